The summed E-state index contributed by atoms with van der Waals surface area (Å²) < 4.78 is 0. The first-order valence-electron chi connectivity index (χ1n) is 3.98. The molecule has 1 radical (unpaired) electrons. The number of fused-ring (bicyclic) bond motifs is 1. The second-order valence-electron chi connectivity index (χ2n) is 2.87. The van der Waals surface area contributed by atoms with Crippen LogP contribution in [0, 0.1) is 6.42 Å². The Hall–Kier alpha value is -1.37. The fourth-order valence-corrected chi connectivity index (χ4v) is 1.41. The van der Waals surface area contributed by atoms with Gasteiger partial charge in [0.05, 0.1) is 0 Å². The highest BCUT2D eigenvalue weighted by atomic mass is 16.1. The van der Waals surface area contributed by atoms with Crippen LogP contribution in [-0.2, 0) is 11.2 Å². The van der Waals surface area contributed by atoms with Gasteiger partial charge >= 0.3 is 0 Å². The largest absolute Gasteiger partial charge is 0.298 e. The quantitative estimate of drug-likeness (QED) is 0.569. The highest BCUT2D eigenvalue weighted by Crippen LogP contribution is 2.20. The monoisotopic (exact) mass is 157 g/mol. The van der Waals surface area contributed by atoms with Crippen molar-refractivity contribution >= 4 is 6.29 Å². The Morgan fingerprint density at radius 1 is 1.25 bits per heavy atom. The Balaban J connectivity index is 2.36. The smallest absolute Gasteiger partial charge is 0.146 e. The standard InChI is InChI=1S/C11H9O/c12-8-9-5-6-10-3-1-2-4-11(10)7-9/h1-5,7-8H,6H2. The lowest BCUT2D eigenvalue weighted by atomic mass is 9.92. The molecule has 12 heavy (non-hydrogen) atoms. The van der Waals surface area contributed by atoms with Crippen LogP contribution in [0.15, 0.2) is 35.9 Å². The highest BCUT2D eigenvalue weighted by molar-refractivity contribution is 5.79. The SMILES string of the molecule is O=CC1=CCc2ccccc2[CH]1. The van der Waals surface area contributed by atoms with Gasteiger partial charge in [0.2, 0.25) is 0 Å². The van der Waals surface area contributed by atoms with Gasteiger partial charge in [0.15, 0.2) is 0 Å². The molecule has 0 bridgehead atoms. The molecule has 1 aromatic carbocycles. The number of aldehydes is 1. The number of allylic oxidation sites excluding steroid dienone is 2. The summed E-state index contributed by atoms with van der Waals surface area (Å²) in [4.78, 5) is 10.5. The lowest BCUT2D eigenvalue weighted by Gasteiger charge is -2.12. The first kappa shape index (κ1) is 7.29. The second-order valence-corrected chi connectivity index (χ2v) is 2.87. The summed E-state index contributed by atoms with van der Waals surface area (Å²) in [5.74, 6) is 0. The van der Waals surface area contributed by atoms with Crippen LogP contribution in [0.3, 0.4) is 0 Å². The van der Waals surface area contributed by atoms with Crippen molar-refractivity contribution in [2.45, 2.75) is 6.42 Å². The molecule has 2 rings (SSSR count). The van der Waals surface area contributed by atoms with Crippen molar-refractivity contribution in [2.75, 3.05) is 0 Å². The molecule has 0 saturated carbocycles. The summed E-state index contributed by atoms with van der Waals surface area (Å²) in [5, 5.41) is 0. The molecule has 59 valence electrons. The van der Waals surface area contributed by atoms with E-state index >= 15 is 0 Å². The Morgan fingerprint density at radius 2 is 2.08 bits per heavy atom. The van der Waals surface area contributed by atoms with Crippen LogP contribution < -0.4 is 0 Å². The third kappa shape index (κ3) is 1.18. The fraction of sp³-hybridized carbons (Fsp3) is 0.0909. The summed E-state index contributed by atoms with van der Waals surface area (Å²) in [7, 11) is 0. The maximum Gasteiger partial charge on any atom is 0.146 e. The highest BCUT2D eigenvalue weighted by Gasteiger charge is 2.08. The third-order valence-electron chi connectivity index (χ3n) is 2.07. The zero-order valence-electron chi connectivity index (χ0n) is 6.66. The average Bonchev–Trinajstić information content (AvgIpc) is 2.17. The first-order chi connectivity index (χ1) is 5.90. The predicted octanol–water partition coefficient (Wildman–Crippen LogP) is 1.92. The van der Waals surface area contributed by atoms with Crippen LogP contribution in [0.2, 0.25) is 0 Å². The molecule has 0 aromatic heterocycles. The lowest BCUT2D eigenvalue weighted by Crippen LogP contribution is -2.01. The first-order valence-corrected chi connectivity index (χ1v) is 3.98. The van der Waals surface area contributed by atoms with Gasteiger partial charge in [0.25, 0.3) is 0 Å². The molecule has 1 heteroatoms. The van der Waals surface area contributed by atoms with E-state index in [1.807, 2.05) is 30.7 Å². The Bertz CT molecular complexity index is 337. The molecule has 0 fully saturated rings. The van der Waals surface area contributed by atoms with Crippen LogP contribution in [0.4, 0.5) is 0 Å². The van der Waals surface area contributed by atoms with Gasteiger partial charge in [-0.1, -0.05) is 30.3 Å². The van der Waals surface area contributed by atoms with E-state index in [1.54, 1.807) is 0 Å². The maximum absolute atomic E-state index is 10.5. The molecule has 1 aliphatic rings. The Kier molecular flexibility index (Phi) is 1.78. The predicted molar refractivity (Wildman–Crippen MR) is 47.7 cm³/mol. The van der Waals surface area contributed by atoms with E-state index in [2.05, 4.69) is 6.07 Å². The topological polar surface area (TPSA) is 17.1 Å². The van der Waals surface area contributed by atoms with E-state index in [9.17, 15) is 4.79 Å². The number of carbonyl (C=O) groups is 1. The molecule has 1 nitrogen and oxygen atoms in total. The number of rotatable bonds is 1. The number of benzene rings is 1. The van der Waals surface area contributed by atoms with E-state index in [0.717, 1.165) is 18.3 Å². The van der Waals surface area contributed by atoms with Gasteiger partial charge in [-0.05, 0) is 23.1 Å². The van der Waals surface area contributed by atoms with Crippen molar-refractivity contribution in [3.8, 4) is 0 Å². The molecule has 0 heterocycles. The summed E-state index contributed by atoms with van der Waals surface area (Å²) in [5.41, 5.74) is 3.25. The molecule has 0 N–H and O–H groups in total. The van der Waals surface area contributed by atoms with Gasteiger partial charge in [-0.25, -0.2) is 0 Å². The van der Waals surface area contributed by atoms with Crippen molar-refractivity contribution in [1.29, 1.82) is 0 Å². The Morgan fingerprint density at radius 3 is 2.92 bits per heavy atom. The number of hydrogen-bond acceptors (Lipinski definition) is 1. The number of carbonyl (C=O) groups excluding carboxylic acids is 1. The molecule has 0 saturated heterocycles. The molecule has 0 unspecified atom stereocenters. The van der Waals surface area contributed by atoms with Gasteiger partial charge in [0.1, 0.15) is 6.29 Å². The van der Waals surface area contributed by atoms with Crippen molar-refractivity contribution < 1.29 is 4.79 Å². The molecule has 0 amide bonds. The zero-order chi connectivity index (χ0) is 8.39. The van der Waals surface area contributed by atoms with E-state index in [-0.39, 0.29) is 0 Å². The molecular formula is C11H9O. The molecular weight excluding hydrogens is 148 g/mol. The van der Waals surface area contributed by atoms with E-state index < -0.39 is 0 Å². The van der Waals surface area contributed by atoms with Crippen molar-refractivity contribution in [3.63, 3.8) is 0 Å². The van der Waals surface area contributed by atoms with Gasteiger partial charge in [-0.3, -0.25) is 4.79 Å². The van der Waals surface area contributed by atoms with Gasteiger partial charge < -0.3 is 0 Å². The van der Waals surface area contributed by atoms with Gasteiger partial charge in [-0.15, -0.1) is 0 Å². The minimum Gasteiger partial charge on any atom is -0.298 e. The maximum atomic E-state index is 10.5. The van der Waals surface area contributed by atoms with Crippen molar-refractivity contribution in [1.82, 2.24) is 0 Å². The van der Waals surface area contributed by atoms with Crippen molar-refractivity contribution in [2.24, 2.45) is 0 Å². The number of hydrogen-bond donors (Lipinski definition) is 0. The summed E-state index contributed by atoms with van der Waals surface area (Å²) in [6.45, 7) is 0. The Labute approximate surface area is 71.7 Å². The minimum absolute atomic E-state index is 0.786. The van der Waals surface area contributed by atoms with Crippen LogP contribution >= 0.6 is 0 Å². The van der Waals surface area contributed by atoms with Crippen molar-refractivity contribution in [3.05, 3.63) is 53.5 Å². The zero-order valence-corrected chi connectivity index (χ0v) is 6.66. The van der Waals surface area contributed by atoms with Crippen LogP contribution in [-0.4, -0.2) is 6.29 Å². The normalized spacial score (nSPS) is 14.8. The molecule has 1 aromatic rings. The average molecular weight is 157 g/mol. The third-order valence-corrected chi connectivity index (χ3v) is 2.07. The van der Waals surface area contributed by atoms with E-state index in [0.29, 0.717) is 0 Å². The molecule has 0 atom stereocenters. The molecule has 0 spiro atoms. The van der Waals surface area contributed by atoms with E-state index in [4.69, 9.17) is 0 Å². The minimum atomic E-state index is 0.786. The van der Waals surface area contributed by atoms with Crippen LogP contribution in [0.1, 0.15) is 11.1 Å². The van der Waals surface area contributed by atoms with Crippen LogP contribution in [0.25, 0.3) is 0 Å². The van der Waals surface area contributed by atoms with E-state index in [1.165, 1.54) is 11.1 Å². The summed E-state index contributed by atoms with van der Waals surface area (Å²) in [6, 6.07) is 8.13. The van der Waals surface area contributed by atoms with Gasteiger partial charge in [0, 0.05) is 6.42 Å². The summed E-state index contributed by atoms with van der Waals surface area (Å²) >= 11 is 0. The van der Waals surface area contributed by atoms with Crippen LogP contribution in [0.5, 0.6) is 0 Å². The molecule has 1 aliphatic carbocycles. The fourth-order valence-electron chi connectivity index (χ4n) is 1.41. The lowest BCUT2D eigenvalue weighted by molar-refractivity contribution is -0.104. The second kappa shape index (κ2) is 2.94. The van der Waals surface area contributed by atoms with Gasteiger partial charge in [-0.2, -0.15) is 0 Å². The molecule has 0 aliphatic heterocycles. The summed E-state index contributed by atoms with van der Waals surface area (Å²) in [6.07, 6.45) is 5.65.